The Morgan fingerprint density at radius 3 is 2.80 bits per heavy atom. The van der Waals surface area contributed by atoms with Gasteiger partial charge < -0.3 is 10.4 Å². The van der Waals surface area contributed by atoms with Gasteiger partial charge in [-0.15, -0.1) is 0 Å². The third-order valence-electron chi connectivity index (χ3n) is 2.56. The van der Waals surface area contributed by atoms with Crippen LogP contribution in [0.25, 0.3) is 0 Å². The molecule has 0 spiro atoms. The lowest BCUT2D eigenvalue weighted by Gasteiger charge is -2.07. The van der Waals surface area contributed by atoms with Crippen molar-refractivity contribution in [2.75, 3.05) is 5.32 Å². The summed E-state index contributed by atoms with van der Waals surface area (Å²) >= 11 is 5.88. The molecular weight excluding hydrogens is 280 g/mol. The van der Waals surface area contributed by atoms with E-state index < -0.39 is 5.97 Å². The van der Waals surface area contributed by atoms with E-state index in [0.717, 1.165) is 0 Å². The van der Waals surface area contributed by atoms with Crippen LogP contribution in [-0.4, -0.2) is 22.0 Å². The number of hydrogen-bond donors (Lipinski definition) is 2. The zero-order valence-electron chi connectivity index (χ0n) is 10.3. The van der Waals surface area contributed by atoms with E-state index in [1.165, 1.54) is 18.5 Å². The molecule has 0 saturated carbocycles. The average Bonchev–Trinajstić information content (AvgIpc) is 2.38. The van der Waals surface area contributed by atoms with Gasteiger partial charge in [-0.1, -0.05) is 23.7 Å². The van der Waals surface area contributed by atoms with Crippen molar-refractivity contribution >= 4 is 29.2 Å². The molecule has 2 N–H and O–H groups in total. The Hall–Kier alpha value is -2.40. The van der Waals surface area contributed by atoms with E-state index in [4.69, 9.17) is 16.7 Å². The second-order valence-electron chi connectivity index (χ2n) is 4.08. The first-order valence-electron chi connectivity index (χ1n) is 5.78. The van der Waals surface area contributed by atoms with Crippen LogP contribution in [0.4, 0.5) is 5.69 Å². The van der Waals surface area contributed by atoms with Gasteiger partial charge in [-0.25, -0.2) is 0 Å². The molecule has 0 unspecified atom stereocenters. The lowest BCUT2D eigenvalue weighted by molar-refractivity contribution is -0.136. The highest BCUT2D eigenvalue weighted by atomic mass is 35.5. The van der Waals surface area contributed by atoms with E-state index in [1.54, 1.807) is 24.3 Å². The number of hydrogen-bond acceptors (Lipinski definition) is 3. The molecule has 0 aliphatic carbocycles. The number of nitrogens with one attached hydrogen (secondary N) is 1. The monoisotopic (exact) mass is 290 g/mol. The van der Waals surface area contributed by atoms with Gasteiger partial charge >= 0.3 is 5.97 Å². The van der Waals surface area contributed by atoms with Crippen LogP contribution >= 0.6 is 11.6 Å². The van der Waals surface area contributed by atoms with E-state index in [9.17, 15) is 9.59 Å². The van der Waals surface area contributed by atoms with Crippen LogP contribution in [0.15, 0.2) is 42.7 Å². The summed E-state index contributed by atoms with van der Waals surface area (Å²) in [4.78, 5) is 26.5. The minimum absolute atomic E-state index is 0.0975. The molecule has 1 amide bonds. The maximum Gasteiger partial charge on any atom is 0.307 e. The second kappa shape index (κ2) is 6.16. The number of nitrogens with zero attached hydrogens (tertiary/aromatic N) is 1. The summed E-state index contributed by atoms with van der Waals surface area (Å²) in [6, 6.07) is 8.17. The highest BCUT2D eigenvalue weighted by Crippen LogP contribution is 2.17. The third kappa shape index (κ3) is 3.55. The minimum Gasteiger partial charge on any atom is -0.481 e. The van der Waals surface area contributed by atoms with Gasteiger partial charge in [-0.05, 0) is 23.8 Å². The van der Waals surface area contributed by atoms with Crippen molar-refractivity contribution in [2.24, 2.45) is 0 Å². The zero-order chi connectivity index (χ0) is 14.5. The smallest absolute Gasteiger partial charge is 0.307 e. The molecule has 0 atom stereocenters. The Morgan fingerprint density at radius 2 is 2.10 bits per heavy atom. The lowest BCUT2D eigenvalue weighted by atomic mass is 10.1. The molecule has 0 radical (unpaired) electrons. The SMILES string of the molecule is O=C(O)Cc1cccc(NC(=O)c2ccncc2Cl)c1. The van der Waals surface area contributed by atoms with Crippen molar-refractivity contribution in [3.8, 4) is 0 Å². The molecule has 0 fully saturated rings. The Morgan fingerprint density at radius 1 is 1.30 bits per heavy atom. The quantitative estimate of drug-likeness (QED) is 0.907. The van der Waals surface area contributed by atoms with Crippen molar-refractivity contribution < 1.29 is 14.7 Å². The number of benzene rings is 1. The molecule has 0 aliphatic heterocycles. The van der Waals surface area contributed by atoms with Gasteiger partial charge in [-0.2, -0.15) is 0 Å². The molecule has 1 aromatic carbocycles. The summed E-state index contributed by atoms with van der Waals surface area (Å²) in [6.45, 7) is 0. The van der Waals surface area contributed by atoms with Crippen molar-refractivity contribution in [2.45, 2.75) is 6.42 Å². The fraction of sp³-hybridized carbons (Fsp3) is 0.0714. The van der Waals surface area contributed by atoms with Gasteiger partial charge in [0, 0.05) is 18.1 Å². The first kappa shape index (κ1) is 14.0. The molecule has 0 bridgehead atoms. The Balaban J connectivity index is 2.16. The Bertz CT molecular complexity index is 658. The fourth-order valence-electron chi connectivity index (χ4n) is 1.69. The topological polar surface area (TPSA) is 79.3 Å². The van der Waals surface area contributed by atoms with Gasteiger partial charge in [0.25, 0.3) is 5.91 Å². The van der Waals surface area contributed by atoms with E-state index in [-0.39, 0.29) is 17.4 Å². The van der Waals surface area contributed by atoms with Crippen LogP contribution < -0.4 is 5.32 Å². The van der Waals surface area contributed by atoms with Crippen LogP contribution in [-0.2, 0) is 11.2 Å². The summed E-state index contributed by atoms with van der Waals surface area (Å²) < 4.78 is 0. The number of carbonyl (C=O) groups is 2. The van der Waals surface area contributed by atoms with Crippen molar-refractivity contribution in [3.63, 3.8) is 0 Å². The Labute approximate surface area is 120 Å². The summed E-state index contributed by atoms with van der Waals surface area (Å²) in [5.41, 5.74) is 1.43. The van der Waals surface area contributed by atoms with Crippen LogP contribution in [0.2, 0.25) is 5.02 Å². The fourth-order valence-corrected chi connectivity index (χ4v) is 1.90. The summed E-state index contributed by atoms with van der Waals surface area (Å²) in [5, 5.41) is 11.7. The molecule has 6 heteroatoms. The first-order chi connectivity index (χ1) is 9.56. The average molecular weight is 291 g/mol. The highest BCUT2D eigenvalue weighted by molar-refractivity contribution is 6.34. The number of carboxylic acids is 1. The zero-order valence-corrected chi connectivity index (χ0v) is 11.1. The number of aliphatic carboxylic acids is 1. The maximum absolute atomic E-state index is 12.0. The molecule has 20 heavy (non-hydrogen) atoms. The standard InChI is InChI=1S/C14H11ClN2O3/c15-12-8-16-5-4-11(12)14(20)17-10-3-1-2-9(6-10)7-13(18)19/h1-6,8H,7H2,(H,17,20)(H,18,19). The van der Waals surface area contributed by atoms with Crippen molar-refractivity contribution in [3.05, 3.63) is 58.9 Å². The molecule has 1 heterocycles. The van der Waals surface area contributed by atoms with E-state index in [0.29, 0.717) is 16.8 Å². The number of rotatable bonds is 4. The molecule has 2 aromatic rings. The molecule has 0 aliphatic rings. The van der Waals surface area contributed by atoms with Crippen LogP contribution in [0.3, 0.4) is 0 Å². The van der Waals surface area contributed by atoms with Gasteiger partial charge in [0.05, 0.1) is 17.0 Å². The van der Waals surface area contributed by atoms with Crippen LogP contribution in [0.5, 0.6) is 0 Å². The normalized spacial score (nSPS) is 10.1. The lowest BCUT2D eigenvalue weighted by Crippen LogP contribution is -2.13. The van der Waals surface area contributed by atoms with Crippen molar-refractivity contribution in [1.82, 2.24) is 4.98 Å². The number of aromatic nitrogens is 1. The minimum atomic E-state index is -0.925. The van der Waals surface area contributed by atoms with Crippen LogP contribution in [0, 0.1) is 0 Å². The molecular formula is C14H11ClN2O3. The van der Waals surface area contributed by atoms with E-state index in [1.807, 2.05) is 0 Å². The number of pyridine rings is 1. The first-order valence-corrected chi connectivity index (χ1v) is 6.15. The van der Waals surface area contributed by atoms with Gasteiger partial charge in [0.15, 0.2) is 0 Å². The number of halogens is 1. The van der Waals surface area contributed by atoms with Gasteiger partial charge in [-0.3, -0.25) is 14.6 Å². The van der Waals surface area contributed by atoms with Gasteiger partial charge in [0.1, 0.15) is 0 Å². The van der Waals surface area contributed by atoms with E-state index >= 15 is 0 Å². The molecule has 0 saturated heterocycles. The molecule has 2 rings (SSSR count). The van der Waals surface area contributed by atoms with Crippen molar-refractivity contribution in [1.29, 1.82) is 0 Å². The molecule has 1 aromatic heterocycles. The number of amides is 1. The second-order valence-corrected chi connectivity index (χ2v) is 4.49. The predicted octanol–water partition coefficient (Wildman–Crippen LogP) is 2.61. The Kier molecular flexibility index (Phi) is 4.32. The molecule has 102 valence electrons. The summed E-state index contributed by atoms with van der Waals surface area (Å²) in [6.07, 6.45) is 2.76. The van der Waals surface area contributed by atoms with Gasteiger partial charge in [0.2, 0.25) is 0 Å². The van der Waals surface area contributed by atoms with E-state index in [2.05, 4.69) is 10.3 Å². The van der Waals surface area contributed by atoms with Crippen LogP contribution in [0.1, 0.15) is 15.9 Å². The highest BCUT2D eigenvalue weighted by Gasteiger charge is 2.10. The number of carboxylic acid groups (broad SMARTS) is 1. The predicted molar refractivity (Wildman–Crippen MR) is 75.0 cm³/mol. The largest absolute Gasteiger partial charge is 0.481 e. The summed E-state index contributed by atoms with van der Waals surface area (Å²) in [7, 11) is 0. The maximum atomic E-state index is 12.0. The summed E-state index contributed by atoms with van der Waals surface area (Å²) in [5.74, 6) is -1.30. The number of anilines is 1. The molecule has 5 nitrogen and oxygen atoms in total. The number of carbonyl (C=O) groups excluding carboxylic acids is 1. The third-order valence-corrected chi connectivity index (χ3v) is 2.86.